The Morgan fingerprint density at radius 3 is 1.23 bits per heavy atom. The summed E-state index contributed by atoms with van der Waals surface area (Å²) in [5.41, 5.74) is 0. The van der Waals surface area contributed by atoms with Crippen LogP contribution in [-0.2, 0) is 23.7 Å². The molecule has 12 atom stereocenters. The first-order valence-electron chi connectivity index (χ1n) is 32.1. The van der Waals surface area contributed by atoms with Gasteiger partial charge in [0.2, 0.25) is 5.91 Å². The minimum Gasteiger partial charge on any atom is -0.394 e. The molecule has 454 valence electrons. The Hall–Kier alpha value is -1.53. The highest BCUT2D eigenvalue weighted by atomic mass is 16.7. The monoisotopic (exact) mass is 1100 g/mol. The first kappa shape index (κ1) is 71.6. The largest absolute Gasteiger partial charge is 0.394 e. The van der Waals surface area contributed by atoms with Gasteiger partial charge in [0.1, 0.15) is 48.8 Å². The molecule has 14 nitrogen and oxygen atoms in total. The Morgan fingerprint density at radius 2 is 0.818 bits per heavy atom. The smallest absolute Gasteiger partial charge is 0.220 e. The number of aliphatic hydroxyl groups excluding tert-OH is 8. The van der Waals surface area contributed by atoms with Crippen LogP contribution in [0.25, 0.3) is 0 Å². The Labute approximate surface area is 468 Å². The molecule has 0 spiro atoms. The molecule has 9 N–H and O–H groups in total. The third-order valence-electron chi connectivity index (χ3n) is 15.9. The Morgan fingerprint density at radius 1 is 0.455 bits per heavy atom. The average Bonchev–Trinajstić information content (AvgIpc) is 3.44. The van der Waals surface area contributed by atoms with Crippen molar-refractivity contribution >= 4 is 5.91 Å². The molecule has 0 aromatic rings. The molecule has 14 heteroatoms. The summed E-state index contributed by atoms with van der Waals surface area (Å²) < 4.78 is 22.8. The minimum absolute atomic E-state index is 0.240. The van der Waals surface area contributed by atoms with Gasteiger partial charge in [-0.2, -0.15) is 0 Å². The standard InChI is InChI=1S/C63H119NO13/c1-3-5-7-9-11-13-15-17-19-21-23-24-25-26-27-28-29-30-32-34-36-38-40-42-44-46-52(67)51(64-55(68)47-45-43-41-39-37-35-33-31-22-20-18-16-14-12-10-8-6-4-2)50-74-62-60(73)58(71)61(54(49-66)76-62)77-63-59(72)57(70)56(69)53(48-65)75-63/h20,22,44,46,51-54,56-63,65-67,69-73H,3-19,21,23-43,45,47-50H2,1-2H3,(H,64,68)/b22-20-,46-44+. The summed E-state index contributed by atoms with van der Waals surface area (Å²) in [6.07, 6.45) is 42.2. The van der Waals surface area contributed by atoms with Crippen molar-refractivity contribution in [3.8, 4) is 0 Å². The topological polar surface area (TPSA) is 228 Å². The maximum Gasteiger partial charge on any atom is 0.220 e. The van der Waals surface area contributed by atoms with Gasteiger partial charge < -0.3 is 65.1 Å². The lowest BCUT2D eigenvalue weighted by atomic mass is 9.97. The van der Waals surface area contributed by atoms with Gasteiger partial charge in [0.05, 0.1) is 32.0 Å². The van der Waals surface area contributed by atoms with Gasteiger partial charge in [-0.3, -0.25) is 4.79 Å². The second-order valence-corrected chi connectivity index (χ2v) is 22.9. The summed E-state index contributed by atoms with van der Waals surface area (Å²) in [5, 5.41) is 87.2. The molecule has 2 rings (SSSR count). The lowest BCUT2D eigenvalue weighted by molar-refractivity contribution is -0.359. The van der Waals surface area contributed by atoms with Crippen molar-refractivity contribution in [2.45, 2.75) is 351 Å². The Bertz CT molecular complexity index is 1390. The van der Waals surface area contributed by atoms with Crippen molar-refractivity contribution in [2.24, 2.45) is 0 Å². The van der Waals surface area contributed by atoms with Crippen LogP contribution in [0.1, 0.15) is 277 Å². The van der Waals surface area contributed by atoms with E-state index in [1.54, 1.807) is 6.08 Å². The van der Waals surface area contributed by atoms with Crippen molar-refractivity contribution in [3.05, 3.63) is 24.3 Å². The molecule has 2 aliphatic heterocycles. The SMILES string of the molecule is CCCCCCCCC/C=C\CCCCCCCCCC(=O)NC(COC1OC(CO)C(OC2OC(CO)C(O)C(O)C2O)C(O)C1O)C(O)/C=C/CCCCCCCCCCCCCCCCCCCCCCCCC. The summed E-state index contributed by atoms with van der Waals surface area (Å²) in [6, 6.07) is -0.915. The van der Waals surface area contributed by atoms with Crippen molar-refractivity contribution in [1.82, 2.24) is 5.32 Å². The fraction of sp³-hybridized carbons (Fsp3) is 0.921. The minimum atomic E-state index is -1.79. The zero-order valence-corrected chi connectivity index (χ0v) is 49.0. The van der Waals surface area contributed by atoms with Gasteiger partial charge in [-0.15, -0.1) is 0 Å². The maximum absolute atomic E-state index is 13.3. The lowest BCUT2D eigenvalue weighted by Crippen LogP contribution is -2.65. The molecule has 0 saturated carbocycles. The van der Waals surface area contributed by atoms with Crippen LogP contribution in [0.5, 0.6) is 0 Å². The number of carbonyl (C=O) groups is 1. The highest BCUT2D eigenvalue weighted by Crippen LogP contribution is 2.30. The van der Waals surface area contributed by atoms with Crippen LogP contribution < -0.4 is 5.32 Å². The lowest BCUT2D eigenvalue weighted by Gasteiger charge is -2.46. The predicted molar refractivity (Wildman–Crippen MR) is 309 cm³/mol. The van der Waals surface area contributed by atoms with Crippen LogP contribution in [-0.4, -0.2) is 140 Å². The van der Waals surface area contributed by atoms with E-state index in [4.69, 9.17) is 18.9 Å². The number of hydrogen-bond acceptors (Lipinski definition) is 13. The van der Waals surface area contributed by atoms with E-state index in [-0.39, 0.29) is 18.9 Å². The first-order valence-corrected chi connectivity index (χ1v) is 32.1. The van der Waals surface area contributed by atoms with Crippen LogP contribution in [0.3, 0.4) is 0 Å². The molecule has 12 unspecified atom stereocenters. The van der Waals surface area contributed by atoms with E-state index in [1.807, 2.05) is 6.08 Å². The van der Waals surface area contributed by atoms with Gasteiger partial charge in [-0.25, -0.2) is 0 Å². The molecule has 77 heavy (non-hydrogen) atoms. The van der Waals surface area contributed by atoms with E-state index < -0.39 is 86.8 Å². The summed E-state index contributed by atoms with van der Waals surface area (Å²) >= 11 is 0. The van der Waals surface area contributed by atoms with E-state index in [1.165, 1.54) is 205 Å². The van der Waals surface area contributed by atoms with Crippen molar-refractivity contribution < 1.29 is 64.6 Å². The maximum atomic E-state index is 13.3. The van der Waals surface area contributed by atoms with E-state index in [9.17, 15) is 45.6 Å². The molecule has 2 heterocycles. The van der Waals surface area contributed by atoms with E-state index in [0.29, 0.717) is 6.42 Å². The number of allylic oxidation sites excluding steroid dienone is 3. The number of hydrogen-bond donors (Lipinski definition) is 9. The van der Waals surface area contributed by atoms with Crippen LogP contribution in [0.4, 0.5) is 0 Å². The normalized spacial score (nSPS) is 24.8. The van der Waals surface area contributed by atoms with Gasteiger partial charge in [-0.05, 0) is 44.9 Å². The van der Waals surface area contributed by atoms with Crippen LogP contribution in [0.15, 0.2) is 24.3 Å². The average molecular weight is 1100 g/mol. The van der Waals surface area contributed by atoms with Crippen molar-refractivity contribution in [3.63, 3.8) is 0 Å². The van der Waals surface area contributed by atoms with E-state index >= 15 is 0 Å². The fourth-order valence-corrected chi connectivity index (χ4v) is 10.7. The number of aliphatic hydroxyl groups is 8. The molecular weight excluding hydrogens is 979 g/mol. The first-order chi connectivity index (χ1) is 37.6. The number of amides is 1. The molecule has 2 saturated heterocycles. The number of carbonyl (C=O) groups excluding carboxylic acids is 1. The summed E-state index contributed by atoms with van der Waals surface area (Å²) in [5.74, 6) is -0.240. The highest BCUT2D eigenvalue weighted by Gasteiger charge is 2.51. The molecule has 1 amide bonds. The number of rotatable bonds is 52. The zero-order chi connectivity index (χ0) is 56.0. The second-order valence-electron chi connectivity index (χ2n) is 22.9. The van der Waals surface area contributed by atoms with Crippen molar-refractivity contribution in [1.29, 1.82) is 0 Å². The van der Waals surface area contributed by atoms with Gasteiger partial charge in [0, 0.05) is 6.42 Å². The number of unbranched alkanes of at least 4 members (excludes halogenated alkanes) is 37. The van der Waals surface area contributed by atoms with Crippen LogP contribution in [0, 0.1) is 0 Å². The van der Waals surface area contributed by atoms with Crippen LogP contribution in [0.2, 0.25) is 0 Å². The van der Waals surface area contributed by atoms with Gasteiger partial charge in [0.15, 0.2) is 12.6 Å². The molecule has 0 aromatic carbocycles. The van der Waals surface area contributed by atoms with Gasteiger partial charge >= 0.3 is 0 Å². The third-order valence-corrected chi connectivity index (χ3v) is 15.9. The number of nitrogens with one attached hydrogen (secondary N) is 1. The predicted octanol–water partition coefficient (Wildman–Crippen LogP) is 11.6. The quantitative estimate of drug-likeness (QED) is 0.0204. The molecule has 0 bridgehead atoms. The summed E-state index contributed by atoms with van der Waals surface area (Å²) in [7, 11) is 0. The Balaban J connectivity index is 1.73. The molecular formula is C63H119NO13. The van der Waals surface area contributed by atoms with E-state index in [2.05, 4.69) is 31.3 Å². The van der Waals surface area contributed by atoms with Gasteiger partial charge in [-0.1, -0.05) is 250 Å². The fourth-order valence-electron chi connectivity index (χ4n) is 10.7. The second kappa shape index (κ2) is 49.1. The molecule has 2 aliphatic rings. The van der Waals surface area contributed by atoms with Gasteiger partial charge in [0.25, 0.3) is 0 Å². The number of ether oxygens (including phenoxy) is 4. The van der Waals surface area contributed by atoms with Crippen LogP contribution >= 0.6 is 0 Å². The van der Waals surface area contributed by atoms with E-state index in [0.717, 1.165) is 44.9 Å². The molecule has 0 radical (unpaired) electrons. The summed E-state index contributed by atoms with van der Waals surface area (Å²) in [6.45, 7) is 2.83. The molecule has 0 aliphatic carbocycles. The molecule has 0 aromatic heterocycles. The molecule has 2 fully saturated rings. The highest BCUT2D eigenvalue weighted by molar-refractivity contribution is 5.76. The summed E-state index contributed by atoms with van der Waals surface area (Å²) in [4.78, 5) is 13.3. The Kier molecular flexibility index (Phi) is 45.7. The van der Waals surface area contributed by atoms with Crippen molar-refractivity contribution in [2.75, 3.05) is 19.8 Å². The zero-order valence-electron chi connectivity index (χ0n) is 49.0. The third kappa shape index (κ3) is 34.5.